The Kier molecular flexibility index (Phi) is 3.31. The van der Waals surface area contributed by atoms with E-state index in [9.17, 15) is 4.79 Å². The first kappa shape index (κ1) is 12.9. The van der Waals surface area contributed by atoms with Crippen LogP contribution in [0, 0.1) is 6.92 Å². The maximum absolute atomic E-state index is 12.0. The van der Waals surface area contributed by atoms with E-state index in [1.165, 1.54) is 0 Å². The molecule has 0 fully saturated rings. The fraction of sp³-hybridized carbons (Fsp3) is 0.286. The van der Waals surface area contributed by atoms with Crippen LogP contribution in [0.25, 0.3) is 4.96 Å². The van der Waals surface area contributed by atoms with Crippen LogP contribution in [0.4, 0.5) is 0 Å². The lowest BCUT2D eigenvalue weighted by atomic mass is 10.2. The van der Waals surface area contributed by atoms with E-state index in [4.69, 9.17) is 4.42 Å². The molecule has 3 aromatic rings. The Labute approximate surface area is 120 Å². The van der Waals surface area contributed by atoms with Crippen LogP contribution in [0.1, 0.15) is 30.2 Å². The molecule has 6 heteroatoms. The maximum atomic E-state index is 12.0. The van der Waals surface area contributed by atoms with Gasteiger partial charge in [-0.2, -0.15) is 0 Å². The molecule has 1 unspecified atom stereocenters. The lowest BCUT2D eigenvalue weighted by Gasteiger charge is -2.10. The third kappa shape index (κ3) is 2.60. The molecular formula is C14H15N3O2S. The van der Waals surface area contributed by atoms with Crippen LogP contribution in [0.2, 0.25) is 0 Å². The van der Waals surface area contributed by atoms with Crippen molar-refractivity contribution in [2.75, 3.05) is 0 Å². The van der Waals surface area contributed by atoms with E-state index in [2.05, 4.69) is 10.3 Å². The van der Waals surface area contributed by atoms with Crippen LogP contribution in [0.3, 0.4) is 0 Å². The third-order valence-electron chi connectivity index (χ3n) is 3.05. The zero-order valence-electron chi connectivity index (χ0n) is 11.3. The van der Waals surface area contributed by atoms with E-state index in [1.807, 2.05) is 48.2 Å². The number of hydrogen-bond donors (Lipinski definition) is 1. The first-order valence-electron chi connectivity index (χ1n) is 6.38. The first-order valence-corrected chi connectivity index (χ1v) is 7.26. The highest BCUT2D eigenvalue weighted by Gasteiger charge is 2.14. The molecule has 1 amide bonds. The summed E-state index contributed by atoms with van der Waals surface area (Å²) in [7, 11) is 0. The van der Waals surface area contributed by atoms with Gasteiger partial charge in [0.05, 0.1) is 18.2 Å². The highest BCUT2D eigenvalue weighted by atomic mass is 32.1. The summed E-state index contributed by atoms with van der Waals surface area (Å²) >= 11 is 1.55. The van der Waals surface area contributed by atoms with Gasteiger partial charge in [0.2, 0.25) is 5.91 Å². The Morgan fingerprint density at radius 3 is 3.10 bits per heavy atom. The smallest absolute Gasteiger partial charge is 0.226 e. The van der Waals surface area contributed by atoms with Crippen LogP contribution >= 0.6 is 11.3 Å². The lowest BCUT2D eigenvalue weighted by molar-refractivity contribution is -0.121. The van der Waals surface area contributed by atoms with Gasteiger partial charge in [-0.15, -0.1) is 11.3 Å². The topological polar surface area (TPSA) is 59.5 Å². The molecule has 0 aliphatic carbocycles. The van der Waals surface area contributed by atoms with Gasteiger partial charge >= 0.3 is 0 Å². The minimum Gasteiger partial charge on any atom is -0.464 e. The molecule has 3 rings (SSSR count). The van der Waals surface area contributed by atoms with E-state index in [0.717, 1.165) is 22.2 Å². The number of aryl methyl sites for hydroxylation is 1. The van der Waals surface area contributed by atoms with Crippen molar-refractivity contribution in [1.29, 1.82) is 0 Å². The van der Waals surface area contributed by atoms with Gasteiger partial charge < -0.3 is 9.73 Å². The summed E-state index contributed by atoms with van der Waals surface area (Å²) in [5, 5.41) is 4.88. The number of fused-ring (bicyclic) bond motifs is 1. The zero-order valence-corrected chi connectivity index (χ0v) is 12.1. The van der Waals surface area contributed by atoms with E-state index < -0.39 is 0 Å². The number of carbonyl (C=O) groups excluding carboxylic acids is 1. The molecule has 104 valence electrons. The van der Waals surface area contributed by atoms with E-state index in [-0.39, 0.29) is 18.4 Å². The fourth-order valence-corrected chi connectivity index (χ4v) is 2.79. The Hall–Kier alpha value is -2.08. The average Bonchev–Trinajstić information content (AvgIpc) is 3.04. The van der Waals surface area contributed by atoms with Crippen molar-refractivity contribution in [3.05, 3.63) is 47.1 Å². The summed E-state index contributed by atoms with van der Waals surface area (Å²) in [6.07, 6.45) is 4.09. The summed E-state index contributed by atoms with van der Waals surface area (Å²) in [5.74, 6) is 1.55. The number of nitrogens with zero attached hydrogens (tertiary/aromatic N) is 2. The molecule has 1 N–H and O–H groups in total. The van der Waals surface area contributed by atoms with Gasteiger partial charge in [-0.3, -0.25) is 9.20 Å². The summed E-state index contributed by atoms with van der Waals surface area (Å²) < 4.78 is 7.42. The molecule has 0 aliphatic heterocycles. The number of thiazole rings is 1. The SMILES string of the molecule is Cc1ccc(C(C)NC(=O)Cc2cn3ccsc3n2)o1. The molecule has 0 saturated heterocycles. The van der Waals surface area contributed by atoms with Crippen LogP contribution in [0.15, 0.2) is 34.3 Å². The van der Waals surface area contributed by atoms with Crippen LogP contribution in [0.5, 0.6) is 0 Å². The second kappa shape index (κ2) is 5.13. The van der Waals surface area contributed by atoms with E-state index >= 15 is 0 Å². The molecule has 0 aliphatic rings. The van der Waals surface area contributed by atoms with Crippen molar-refractivity contribution < 1.29 is 9.21 Å². The van der Waals surface area contributed by atoms with Crippen molar-refractivity contribution in [2.45, 2.75) is 26.3 Å². The van der Waals surface area contributed by atoms with Gasteiger partial charge in [0.15, 0.2) is 4.96 Å². The van der Waals surface area contributed by atoms with Crippen molar-refractivity contribution in [1.82, 2.24) is 14.7 Å². The molecular weight excluding hydrogens is 274 g/mol. The Morgan fingerprint density at radius 1 is 1.55 bits per heavy atom. The number of nitrogens with one attached hydrogen (secondary N) is 1. The predicted molar refractivity (Wildman–Crippen MR) is 76.8 cm³/mol. The molecule has 0 spiro atoms. The monoisotopic (exact) mass is 289 g/mol. The standard InChI is InChI=1S/C14H15N3O2S/c1-9-3-4-12(19-9)10(2)15-13(18)7-11-8-17-5-6-20-14(17)16-11/h3-6,8,10H,7H2,1-2H3,(H,15,18). The van der Waals surface area contributed by atoms with E-state index in [0.29, 0.717) is 0 Å². The van der Waals surface area contributed by atoms with Gasteiger partial charge in [-0.05, 0) is 26.0 Å². The second-order valence-electron chi connectivity index (χ2n) is 4.74. The van der Waals surface area contributed by atoms with Gasteiger partial charge in [0.1, 0.15) is 11.5 Å². The molecule has 0 saturated carbocycles. The predicted octanol–water partition coefficient (Wildman–Crippen LogP) is 2.72. The number of rotatable bonds is 4. The summed E-state index contributed by atoms with van der Waals surface area (Å²) in [5.41, 5.74) is 0.775. The van der Waals surface area contributed by atoms with Crippen molar-refractivity contribution in [3.63, 3.8) is 0 Å². The molecule has 5 nitrogen and oxygen atoms in total. The lowest BCUT2D eigenvalue weighted by Crippen LogP contribution is -2.27. The average molecular weight is 289 g/mol. The normalized spacial score (nSPS) is 12.7. The summed E-state index contributed by atoms with van der Waals surface area (Å²) in [6.45, 7) is 3.79. The molecule has 3 aromatic heterocycles. The number of aromatic nitrogens is 2. The van der Waals surface area contributed by atoms with Gasteiger partial charge in [0.25, 0.3) is 0 Å². The highest BCUT2D eigenvalue weighted by Crippen LogP contribution is 2.16. The largest absolute Gasteiger partial charge is 0.464 e. The third-order valence-corrected chi connectivity index (χ3v) is 3.82. The quantitative estimate of drug-likeness (QED) is 0.803. The first-order chi connectivity index (χ1) is 9.61. The zero-order chi connectivity index (χ0) is 14.1. The minimum atomic E-state index is -0.139. The second-order valence-corrected chi connectivity index (χ2v) is 5.61. The number of furan rings is 1. The Bertz CT molecular complexity index is 712. The van der Waals surface area contributed by atoms with Gasteiger partial charge in [-0.1, -0.05) is 0 Å². The van der Waals surface area contributed by atoms with Crippen LogP contribution < -0.4 is 5.32 Å². The number of carbonyl (C=O) groups is 1. The molecule has 1 atom stereocenters. The Morgan fingerprint density at radius 2 is 2.40 bits per heavy atom. The van der Waals surface area contributed by atoms with Crippen LogP contribution in [-0.2, 0) is 11.2 Å². The number of imidazole rings is 1. The molecule has 0 radical (unpaired) electrons. The maximum Gasteiger partial charge on any atom is 0.226 e. The molecule has 3 heterocycles. The highest BCUT2D eigenvalue weighted by molar-refractivity contribution is 7.15. The minimum absolute atomic E-state index is 0.0580. The van der Waals surface area contributed by atoms with Gasteiger partial charge in [0, 0.05) is 17.8 Å². The molecule has 0 aromatic carbocycles. The van der Waals surface area contributed by atoms with Crippen molar-refractivity contribution in [3.8, 4) is 0 Å². The van der Waals surface area contributed by atoms with Crippen molar-refractivity contribution >= 4 is 22.2 Å². The van der Waals surface area contributed by atoms with Gasteiger partial charge in [-0.25, -0.2) is 4.98 Å². The number of amides is 1. The summed E-state index contributed by atoms with van der Waals surface area (Å²) in [6, 6.07) is 3.63. The van der Waals surface area contributed by atoms with Crippen LogP contribution in [-0.4, -0.2) is 15.3 Å². The molecule has 20 heavy (non-hydrogen) atoms. The fourth-order valence-electron chi connectivity index (χ4n) is 2.08. The van der Waals surface area contributed by atoms with Crippen molar-refractivity contribution in [2.24, 2.45) is 0 Å². The van der Waals surface area contributed by atoms with E-state index in [1.54, 1.807) is 11.3 Å². The Balaban J connectivity index is 1.63. The number of hydrogen-bond acceptors (Lipinski definition) is 4. The molecule has 0 bridgehead atoms. The summed E-state index contributed by atoms with van der Waals surface area (Å²) in [4.78, 5) is 17.3.